The van der Waals surface area contributed by atoms with Gasteiger partial charge in [-0.25, -0.2) is 0 Å². The van der Waals surface area contributed by atoms with Crippen molar-refractivity contribution < 1.29 is 22.8 Å². The summed E-state index contributed by atoms with van der Waals surface area (Å²) in [4.78, 5) is 24.8. The van der Waals surface area contributed by atoms with E-state index in [0.29, 0.717) is 0 Å². The lowest BCUT2D eigenvalue weighted by Crippen LogP contribution is -2.37. The average Bonchev–Trinajstić information content (AvgIpc) is 3.23. The van der Waals surface area contributed by atoms with Crippen LogP contribution in [0.4, 0.5) is 13.2 Å². The van der Waals surface area contributed by atoms with Crippen LogP contribution in [0.25, 0.3) is 0 Å². The molecule has 2 fully saturated rings. The molecule has 1 aromatic rings. The van der Waals surface area contributed by atoms with Crippen molar-refractivity contribution in [2.24, 2.45) is 17.6 Å². The Morgan fingerprint density at radius 1 is 1.21 bits per heavy atom. The van der Waals surface area contributed by atoms with E-state index >= 15 is 0 Å². The fourth-order valence-corrected chi connectivity index (χ4v) is 3.58. The van der Waals surface area contributed by atoms with Gasteiger partial charge in [-0.3, -0.25) is 14.3 Å². The molecule has 1 aromatic heterocycles. The molecule has 0 unspecified atom stereocenters. The molecule has 2 N–H and O–H groups in total. The first-order valence-electron chi connectivity index (χ1n) is 7.98. The molecule has 0 radical (unpaired) electrons. The Morgan fingerprint density at radius 3 is 2.42 bits per heavy atom. The van der Waals surface area contributed by atoms with Crippen molar-refractivity contribution in [3.63, 3.8) is 0 Å². The predicted molar refractivity (Wildman–Crippen MR) is 77.9 cm³/mol. The van der Waals surface area contributed by atoms with Gasteiger partial charge in [-0.15, -0.1) is 0 Å². The number of carbonyl (C=O) groups is 2. The van der Waals surface area contributed by atoms with Crippen LogP contribution in [0.1, 0.15) is 42.2 Å². The van der Waals surface area contributed by atoms with Crippen molar-refractivity contribution >= 4 is 11.8 Å². The summed E-state index contributed by atoms with van der Waals surface area (Å²) in [5, 5.41) is 4.22. The fourth-order valence-electron chi connectivity index (χ4n) is 3.58. The summed E-state index contributed by atoms with van der Waals surface area (Å²) in [6, 6.07) is 1.76. The maximum absolute atomic E-state index is 13.1. The van der Waals surface area contributed by atoms with Crippen LogP contribution in [0.2, 0.25) is 0 Å². The number of halogens is 3. The molecule has 132 valence electrons. The van der Waals surface area contributed by atoms with Gasteiger partial charge in [0.25, 0.3) is 5.91 Å². The molecule has 0 bridgehead atoms. The van der Waals surface area contributed by atoms with Gasteiger partial charge < -0.3 is 10.6 Å². The Kier molecular flexibility index (Phi) is 4.27. The second-order valence-corrected chi connectivity index (χ2v) is 6.49. The molecule has 24 heavy (non-hydrogen) atoms. The summed E-state index contributed by atoms with van der Waals surface area (Å²) >= 11 is 0. The highest BCUT2D eigenvalue weighted by molar-refractivity contribution is 5.93. The minimum Gasteiger partial charge on any atom is -0.369 e. The smallest absolute Gasteiger partial charge is 0.369 e. The number of rotatable bonds is 3. The van der Waals surface area contributed by atoms with Crippen molar-refractivity contribution in [1.82, 2.24) is 14.7 Å². The number of likely N-dealkylation sites (tertiary alicyclic amines) is 1. The zero-order valence-corrected chi connectivity index (χ0v) is 13.0. The molecule has 2 atom stereocenters. The number of carbonyl (C=O) groups excluding carboxylic acids is 2. The molecule has 0 spiro atoms. The third kappa shape index (κ3) is 3.11. The number of nitrogens with two attached hydrogens (primary N) is 1. The molecule has 6 nitrogen and oxygen atoms in total. The van der Waals surface area contributed by atoms with E-state index in [9.17, 15) is 22.8 Å². The molecular formula is C15H19F3N4O2. The number of alkyl halides is 3. The number of primary amides is 1. The fraction of sp³-hybridized carbons (Fsp3) is 0.667. The highest BCUT2D eigenvalue weighted by Gasteiger charge is 2.53. The molecule has 2 amide bonds. The lowest BCUT2D eigenvalue weighted by molar-refractivity contribution is -0.182. The van der Waals surface area contributed by atoms with Gasteiger partial charge in [-0.05, 0) is 18.9 Å². The summed E-state index contributed by atoms with van der Waals surface area (Å²) in [7, 11) is 0. The van der Waals surface area contributed by atoms with Gasteiger partial charge in [0.2, 0.25) is 5.91 Å². The number of hydrogen-bond donors (Lipinski definition) is 1. The number of nitrogens with zero attached hydrogens (tertiary/aromatic N) is 3. The van der Waals surface area contributed by atoms with Gasteiger partial charge in [0, 0.05) is 19.3 Å². The van der Waals surface area contributed by atoms with Gasteiger partial charge in [0.15, 0.2) is 0 Å². The number of hydrogen-bond acceptors (Lipinski definition) is 3. The Bertz CT molecular complexity index is 637. The van der Waals surface area contributed by atoms with Crippen LogP contribution in [0, 0.1) is 11.8 Å². The average molecular weight is 344 g/mol. The van der Waals surface area contributed by atoms with E-state index < -0.39 is 36.4 Å². The Morgan fingerprint density at radius 2 is 1.88 bits per heavy atom. The molecule has 9 heteroatoms. The minimum atomic E-state index is -4.57. The van der Waals surface area contributed by atoms with Crippen molar-refractivity contribution in [2.45, 2.75) is 37.9 Å². The van der Waals surface area contributed by atoms with Crippen molar-refractivity contribution in [2.75, 3.05) is 13.1 Å². The van der Waals surface area contributed by atoms with E-state index in [1.165, 1.54) is 6.07 Å². The molecular weight excluding hydrogens is 325 g/mol. The highest BCUT2D eigenvalue weighted by atomic mass is 19.4. The summed E-state index contributed by atoms with van der Waals surface area (Å²) in [6.45, 7) is -0.888. The van der Waals surface area contributed by atoms with Gasteiger partial charge in [0.05, 0.1) is 17.9 Å². The van der Waals surface area contributed by atoms with E-state index in [2.05, 4.69) is 5.10 Å². The number of aromatic nitrogens is 2. The second kappa shape index (κ2) is 6.10. The maximum Gasteiger partial charge on any atom is 0.394 e. The summed E-state index contributed by atoms with van der Waals surface area (Å²) < 4.78 is 40.9. The molecule has 1 aliphatic heterocycles. The van der Waals surface area contributed by atoms with Crippen LogP contribution in [0.15, 0.2) is 12.3 Å². The van der Waals surface area contributed by atoms with E-state index in [1.807, 2.05) is 0 Å². The maximum atomic E-state index is 13.1. The summed E-state index contributed by atoms with van der Waals surface area (Å²) in [6.07, 6.45) is 1.29. The number of amides is 2. The molecule has 2 aliphatic rings. The molecule has 2 heterocycles. The van der Waals surface area contributed by atoms with Crippen LogP contribution in [0.5, 0.6) is 0 Å². The van der Waals surface area contributed by atoms with Crippen molar-refractivity contribution in [1.29, 1.82) is 0 Å². The summed E-state index contributed by atoms with van der Waals surface area (Å²) in [5.41, 5.74) is 5.18. The van der Waals surface area contributed by atoms with Crippen LogP contribution in [-0.2, 0) is 4.79 Å². The van der Waals surface area contributed by atoms with Crippen LogP contribution < -0.4 is 5.73 Å². The van der Waals surface area contributed by atoms with Crippen LogP contribution >= 0.6 is 0 Å². The quantitative estimate of drug-likeness (QED) is 0.907. The molecule has 3 rings (SSSR count). The first-order valence-corrected chi connectivity index (χ1v) is 7.98. The van der Waals surface area contributed by atoms with E-state index in [4.69, 9.17) is 5.73 Å². The monoisotopic (exact) mass is 344 g/mol. The third-order valence-electron chi connectivity index (χ3n) is 4.92. The second-order valence-electron chi connectivity index (χ2n) is 6.49. The standard InChI is InChI=1S/C15H19F3N4O2/c16-15(17,18)11-8-21(7-10(11)13(19)23)14(24)12-5-6-22(20-12)9-3-1-2-4-9/h5-6,9-11H,1-4,7-8H2,(H2,19,23)/t10-,11-/m1/s1. The topological polar surface area (TPSA) is 81.2 Å². The molecule has 1 aliphatic carbocycles. The zero-order chi connectivity index (χ0) is 17.5. The predicted octanol–water partition coefficient (Wildman–Crippen LogP) is 1.73. The van der Waals surface area contributed by atoms with Crippen molar-refractivity contribution in [3.8, 4) is 0 Å². The Balaban J connectivity index is 1.74. The lowest BCUT2D eigenvalue weighted by atomic mass is 9.95. The van der Waals surface area contributed by atoms with E-state index in [1.54, 1.807) is 10.9 Å². The Labute approximate surface area is 136 Å². The van der Waals surface area contributed by atoms with E-state index in [0.717, 1.165) is 30.6 Å². The molecule has 1 saturated carbocycles. The van der Waals surface area contributed by atoms with Crippen molar-refractivity contribution in [3.05, 3.63) is 18.0 Å². The van der Waals surface area contributed by atoms with Gasteiger partial charge >= 0.3 is 6.18 Å². The third-order valence-corrected chi connectivity index (χ3v) is 4.92. The lowest BCUT2D eigenvalue weighted by Gasteiger charge is -2.18. The van der Waals surface area contributed by atoms with Gasteiger partial charge in [0.1, 0.15) is 5.69 Å². The van der Waals surface area contributed by atoms with Gasteiger partial charge in [-0.2, -0.15) is 18.3 Å². The Hall–Kier alpha value is -2.06. The molecule has 0 aromatic carbocycles. The first-order chi connectivity index (χ1) is 11.3. The zero-order valence-electron chi connectivity index (χ0n) is 13.0. The SMILES string of the molecule is NC(=O)[C@@H]1CN(C(=O)c2ccn(C3CCCC3)n2)C[C@H]1C(F)(F)F. The van der Waals surface area contributed by atoms with Gasteiger partial charge in [-0.1, -0.05) is 12.8 Å². The first kappa shape index (κ1) is 16.8. The minimum absolute atomic E-state index is 0.105. The summed E-state index contributed by atoms with van der Waals surface area (Å²) in [5.74, 6) is -4.96. The molecule has 1 saturated heterocycles. The normalized spacial score (nSPS) is 25.4. The highest BCUT2D eigenvalue weighted by Crippen LogP contribution is 2.38. The van der Waals surface area contributed by atoms with Crippen LogP contribution in [-0.4, -0.2) is 45.8 Å². The van der Waals surface area contributed by atoms with E-state index in [-0.39, 0.29) is 18.3 Å². The van der Waals surface area contributed by atoms with Crippen LogP contribution in [0.3, 0.4) is 0 Å². The largest absolute Gasteiger partial charge is 0.394 e.